The van der Waals surface area contributed by atoms with E-state index in [4.69, 9.17) is 14.5 Å². The summed E-state index contributed by atoms with van der Waals surface area (Å²) >= 11 is 0. The van der Waals surface area contributed by atoms with Crippen molar-refractivity contribution in [2.75, 3.05) is 37.7 Å². The lowest BCUT2D eigenvalue weighted by Gasteiger charge is -2.21. The third kappa shape index (κ3) is 4.68. The minimum Gasteiger partial charge on any atom is -0.507 e. The van der Waals surface area contributed by atoms with Gasteiger partial charge in [-0.25, -0.2) is 19.2 Å². The fourth-order valence-electron chi connectivity index (χ4n) is 4.33. The summed E-state index contributed by atoms with van der Waals surface area (Å²) in [5.41, 5.74) is 1.12. The number of para-hydroxylation sites is 1. The summed E-state index contributed by atoms with van der Waals surface area (Å²) in [6.45, 7) is 2.90. The van der Waals surface area contributed by atoms with Crippen molar-refractivity contribution in [1.82, 2.24) is 15.3 Å². The van der Waals surface area contributed by atoms with Gasteiger partial charge in [-0.15, -0.1) is 0 Å². The highest BCUT2D eigenvalue weighted by molar-refractivity contribution is 5.91. The van der Waals surface area contributed by atoms with Gasteiger partial charge in [0.25, 0.3) is 0 Å². The number of carbonyl (C=O) groups is 1. The number of amides is 1. The Morgan fingerprint density at radius 3 is 2.97 bits per heavy atom. The lowest BCUT2D eigenvalue weighted by Crippen LogP contribution is -2.34. The lowest BCUT2D eigenvalue weighted by molar-refractivity contribution is 0.0825. The van der Waals surface area contributed by atoms with Crippen molar-refractivity contribution in [3.63, 3.8) is 0 Å². The maximum atomic E-state index is 14.1. The molecule has 5 rings (SSSR count). The maximum absolute atomic E-state index is 14.1. The molecule has 0 aliphatic carbocycles. The molecule has 33 heavy (non-hydrogen) atoms. The molecule has 0 bridgehead atoms. The van der Waals surface area contributed by atoms with Crippen LogP contribution in [0.15, 0.2) is 42.5 Å². The number of hydrogen-bond acceptors (Lipinski definition) is 7. The molecule has 3 heterocycles. The third-order valence-electron chi connectivity index (χ3n) is 6.06. The minimum absolute atomic E-state index is 0. The Kier molecular flexibility index (Phi) is 5.95. The molecule has 0 radical (unpaired) electrons. The van der Waals surface area contributed by atoms with Crippen molar-refractivity contribution in [3.8, 4) is 17.1 Å². The van der Waals surface area contributed by atoms with Crippen LogP contribution in [0.3, 0.4) is 0 Å². The second-order valence-corrected chi connectivity index (χ2v) is 8.42. The van der Waals surface area contributed by atoms with Crippen LogP contribution in [0.4, 0.5) is 15.0 Å². The van der Waals surface area contributed by atoms with Crippen molar-refractivity contribution in [2.45, 2.75) is 18.9 Å². The first-order valence-corrected chi connectivity index (χ1v) is 11.1. The van der Waals surface area contributed by atoms with Gasteiger partial charge in [0, 0.05) is 34.3 Å². The average molecular weight is 457 g/mol. The highest BCUT2D eigenvalue weighted by Crippen LogP contribution is 2.33. The number of halogens is 1. The largest absolute Gasteiger partial charge is 0.507 e. The Labute approximate surface area is 193 Å². The SMILES string of the molecule is O=C(NC[C@@H]1CCN(c2nc(-c3ccccc3O)nc3ccc(F)cc23)C1)O[C@@H]1CCOC1.[HH].[HH]. The summed E-state index contributed by atoms with van der Waals surface area (Å²) in [5.74, 6) is 0.917. The number of carbonyl (C=O) groups excluding carboxylic acids is 1. The number of nitrogens with zero attached hydrogens (tertiary/aromatic N) is 3. The van der Waals surface area contributed by atoms with Gasteiger partial charge in [0.2, 0.25) is 0 Å². The predicted molar refractivity (Wildman–Crippen MR) is 125 cm³/mol. The van der Waals surface area contributed by atoms with E-state index in [0.717, 1.165) is 12.8 Å². The second-order valence-electron chi connectivity index (χ2n) is 8.42. The normalized spacial score (nSPS) is 20.3. The summed E-state index contributed by atoms with van der Waals surface area (Å²) in [6, 6.07) is 11.3. The molecule has 3 aromatic rings. The molecule has 2 aliphatic heterocycles. The molecule has 2 aliphatic rings. The smallest absolute Gasteiger partial charge is 0.407 e. The molecule has 2 saturated heterocycles. The number of aromatic nitrogens is 2. The van der Waals surface area contributed by atoms with Crippen LogP contribution >= 0.6 is 0 Å². The van der Waals surface area contributed by atoms with E-state index >= 15 is 0 Å². The van der Waals surface area contributed by atoms with E-state index in [0.29, 0.717) is 61.0 Å². The van der Waals surface area contributed by atoms with Gasteiger partial charge in [-0.05, 0) is 42.7 Å². The minimum atomic E-state index is -0.430. The van der Waals surface area contributed by atoms with Crippen LogP contribution in [0.2, 0.25) is 0 Å². The Bertz CT molecular complexity index is 1180. The molecule has 176 valence electrons. The summed E-state index contributed by atoms with van der Waals surface area (Å²) in [4.78, 5) is 23.4. The van der Waals surface area contributed by atoms with Gasteiger partial charge in [-0.1, -0.05) is 12.1 Å². The van der Waals surface area contributed by atoms with Gasteiger partial charge in [0.05, 0.1) is 24.3 Å². The quantitative estimate of drug-likeness (QED) is 0.600. The van der Waals surface area contributed by atoms with Crippen LogP contribution in [0.25, 0.3) is 22.3 Å². The van der Waals surface area contributed by atoms with Crippen molar-refractivity contribution in [3.05, 3.63) is 48.3 Å². The summed E-state index contributed by atoms with van der Waals surface area (Å²) in [5, 5.41) is 13.7. The zero-order chi connectivity index (χ0) is 22.8. The van der Waals surface area contributed by atoms with E-state index in [1.165, 1.54) is 12.1 Å². The Balaban J connectivity index is 0.00000171. The van der Waals surface area contributed by atoms with Gasteiger partial charge in [-0.3, -0.25) is 0 Å². The highest BCUT2D eigenvalue weighted by atomic mass is 19.1. The number of hydrogen-bond donors (Lipinski definition) is 2. The van der Waals surface area contributed by atoms with Crippen LogP contribution in [0, 0.1) is 11.7 Å². The topological polar surface area (TPSA) is 96.8 Å². The molecule has 0 unspecified atom stereocenters. The zero-order valence-corrected chi connectivity index (χ0v) is 18.0. The predicted octanol–water partition coefficient (Wildman–Crippen LogP) is 3.97. The van der Waals surface area contributed by atoms with E-state index in [-0.39, 0.29) is 26.4 Å². The number of ether oxygens (including phenoxy) is 2. The Morgan fingerprint density at radius 1 is 1.27 bits per heavy atom. The van der Waals surface area contributed by atoms with Gasteiger partial charge in [0.1, 0.15) is 23.5 Å². The molecule has 2 atom stereocenters. The summed E-state index contributed by atoms with van der Waals surface area (Å²) < 4.78 is 24.6. The standard InChI is InChI=1S/C24H25FN4O4.2H2/c25-16-5-6-20-19(11-16)23(28-22(27-20)18-3-1-2-4-21(18)30)29-9-7-15(13-29)12-26-24(31)33-17-8-10-32-14-17;;/h1-6,11,15,17,30H,7-10,12-14H2,(H,26,31);2*1H/t15-,17+;;/m0../s1. The molecule has 9 heteroatoms. The maximum Gasteiger partial charge on any atom is 0.407 e. The van der Waals surface area contributed by atoms with Crippen molar-refractivity contribution < 1.29 is 26.6 Å². The van der Waals surface area contributed by atoms with E-state index in [1.54, 1.807) is 30.3 Å². The van der Waals surface area contributed by atoms with E-state index < -0.39 is 6.09 Å². The molecular formula is C24H29FN4O4. The molecule has 1 aromatic heterocycles. The monoisotopic (exact) mass is 456 g/mol. The van der Waals surface area contributed by atoms with E-state index in [1.807, 2.05) is 0 Å². The summed E-state index contributed by atoms with van der Waals surface area (Å²) in [7, 11) is 0. The van der Waals surface area contributed by atoms with Crippen molar-refractivity contribution in [1.29, 1.82) is 0 Å². The third-order valence-corrected chi connectivity index (χ3v) is 6.06. The number of phenolic OH excluding ortho intramolecular Hbond substituents is 1. The Morgan fingerprint density at radius 2 is 2.15 bits per heavy atom. The first-order chi connectivity index (χ1) is 16.1. The molecule has 1 amide bonds. The molecule has 2 fully saturated rings. The fourth-order valence-corrected chi connectivity index (χ4v) is 4.33. The Hall–Kier alpha value is -3.46. The second kappa shape index (κ2) is 9.19. The number of aromatic hydroxyl groups is 1. The number of fused-ring (bicyclic) bond motifs is 1. The first kappa shape index (κ1) is 21.4. The number of rotatable bonds is 5. The molecule has 2 aromatic carbocycles. The summed E-state index contributed by atoms with van der Waals surface area (Å²) in [6.07, 6.45) is 0.960. The van der Waals surface area contributed by atoms with Gasteiger partial charge < -0.3 is 24.8 Å². The van der Waals surface area contributed by atoms with Crippen molar-refractivity contribution >= 4 is 22.8 Å². The van der Waals surface area contributed by atoms with Crippen LogP contribution in [0.5, 0.6) is 5.75 Å². The van der Waals surface area contributed by atoms with E-state index in [2.05, 4.69) is 15.2 Å². The number of phenols is 1. The molecule has 0 spiro atoms. The molecule has 2 N–H and O–H groups in total. The average Bonchev–Trinajstić information content (AvgIpc) is 3.50. The molecule has 8 nitrogen and oxygen atoms in total. The van der Waals surface area contributed by atoms with E-state index in [9.17, 15) is 14.3 Å². The van der Waals surface area contributed by atoms with Gasteiger partial charge >= 0.3 is 6.09 Å². The van der Waals surface area contributed by atoms with Crippen LogP contribution in [-0.2, 0) is 9.47 Å². The zero-order valence-electron chi connectivity index (χ0n) is 18.0. The van der Waals surface area contributed by atoms with Crippen molar-refractivity contribution in [2.24, 2.45) is 5.92 Å². The van der Waals surface area contributed by atoms with Crippen LogP contribution in [0.1, 0.15) is 15.7 Å². The first-order valence-electron chi connectivity index (χ1n) is 11.1. The number of anilines is 1. The van der Waals surface area contributed by atoms with Crippen LogP contribution < -0.4 is 10.2 Å². The van der Waals surface area contributed by atoms with Gasteiger partial charge in [-0.2, -0.15) is 0 Å². The fraction of sp³-hybridized carbons (Fsp3) is 0.375. The highest BCUT2D eigenvalue weighted by Gasteiger charge is 2.27. The van der Waals surface area contributed by atoms with Gasteiger partial charge in [0.15, 0.2) is 5.82 Å². The number of alkyl carbamates (subject to hydrolysis) is 1. The number of nitrogens with one attached hydrogen (secondary N) is 1. The molecular weight excluding hydrogens is 427 g/mol. The number of benzene rings is 2. The van der Waals surface area contributed by atoms with Crippen LogP contribution in [-0.4, -0.2) is 60.1 Å². The molecule has 0 saturated carbocycles. The lowest BCUT2D eigenvalue weighted by atomic mass is 10.1.